The summed E-state index contributed by atoms with van der Waals surface area (Å²) in [5.41, 5.74) is 6.80. The summed E-state index contributed by atoms with van der Waals surface area (Å²) in [5, 5.41) is 0. The third kappa shape index (κ3) is 3.35. The maximum absolute atomic E-state index is 5.50. The topological polar surface area (TPSA) is 42.4 Å². The Labute approximate surface area is 97.6 Å². The molecule has 1 aromatic heterocycles. The first-order valence-corrected chi connectivity index (χ1v) is 6.37. The summed E-state index contributed by atoms with van der Waals surface area (Å²) in [6.45, 7) is 4.17. The monoisotopic (exact) mass is 222 g/mol. The largest absolute Gasteiger partial charge is 0.469 e. The average molecular weight is 222 g/mol. The zero-order valence-corrected chi connectivity index (χ0v) is 9.95. The zero-order chi connectivity index (χ0) is 11.2. The summed E-state index contributed by atoms with van der Waals surface area (Å²) < 4.78 is 5.47. The summed E-state index contributed by atoms with van der Waals surface area (Å²) in [6, 6.07) is 2.15. The number of nitrogens with zero attached hydrogens (tertiary/aromatic N) is 1. The number of rotatable bonds is 4. The molecule has 1 fully saturated rings. The van der Waals surface area contributed by atoms with E-state index in [1.807, 2.05) is 6.26 Å². The van der Waals surface area contributed by atoms with Gasteiger partial charge in [0, 0.05) is 18.5 Å². The molecular weight excluding hydrogens is 200 g/mol. The second kappa shape index (κ2) is 6.06. The van der Waals surface area contributed by atoms with Crippen LogP contribution in [0.15, 0.2) is 16.7 Å². The van der Waals surface area contributed by atoms with Crippen molar-refractivity contribution in [1.82, 2.24) is 4.90 Å². The molecule has 0 saturated carbocycles. The fraction of sp³-hybridized carbons (Fsp3) is 0.692. The Morgan fingerprint density at radius 2 is 1.94 bits per heavy atom. The first kappa shape index (κ1) is 11.7. The van der Waals surface area contributed by atoms with Gasteiger partial charge in [-0.05, 0) is 38.5 Å². The Bertz CT molecular complexity index is 301. The molecule has 0 unspecified atom stereocenters. The Balaban J connectivity index is 1.86. The van der Waals surface area contributed by atoms with E-state index in [1.54, 1.807) is 0 Å². The molecule has 3 heteroatoms. The summed E-state index contributed by atoms with van der Waals surface area (Å²) in [4.78, 5) is 2.53. The number of likely N-dealkylation sites (tertiary alicyclic amines) is 1. The summed E-state index contributed by atoms with van der Waals surface area (Å²) in [6.07, 6.45) is 8.19. The molecule has 0 amide bonds. The van der Waals surface area contributed by atoms with E-state index in [9.17, 15) is 0 Å². The Morgan fingerprint density at radius 3 is 2.62 bits per heavy atom. The van der Waals surface area contributed by atoms with E-state index >= 15 is 0 Å². The van der Waals surface area contributed by atoms with Crippen LogP contribution in [0.5, 0.6) is 0 Å². The minimum atomic E-state index is 0.663. The van der Waals surface area contributed by atoms with Crippen LogP contribution in [0.3, 0.4) is 0 Å². The van der Waals surface area contributed by atoms with Crippen molar-refractivity contribution < 1.29 is 4.42 Å². The molecule has 1 aromatic rings. The van der Waals surface area contributed by atoms with Gasteiger partial charge in [-0.15, -0.1) is 0 Å². The lowest BCUT2D eigenvalue weighted by Crippen LogP contribution is -2.23. The van der Waals surface area contributed by atoms with Crippen LogP contribution >= 0.6 is 0 Å². The highest BCUT2D eigenvalue weighted by molar-refractivity contribution is 5.13. The molecule has 0 radical (unpaired) electrons. The molecule has 1 aliphatic heterocycles. The molecule has 16 heavy (non-hydrogen) atoms. The minimum Gasteiger partial charge on any atom is -0.469 e. The second-order valence-corrected chi connectivity index (χ2v) is 4.65. The van der Waals surface area contributed by atoms with E-state index < -0.39 is 0 Å². The van der Waals surface area contributed by atoms with Gasteiger partial charge in [-0.2, -0.15) is 0 Å². The van der Waals surface area contributed by atoms with E-state index in [4.69, 9.17) is 10.2 Å². The van der Waals surface area contributed by atoms with Gasteiger partial charge in [0.2, 0.25) is 0 Å². The first-order chi connectivity index (χ1) is 7.88. The molecule has 2 heterocycles. The lowest BCUT2D eigenvalue weighted by Gasteiger charge is -2.18. The minimum absolute atomic E-state index is 0.663. The lowest BCUT2D eigenvalue weighted by molar-refractivity contribution is 0.276. The van der Waals surface area contributed by atoms with E-state index in [-0.39, 0.29) is 0 Å². The third-order valence-corrected chi connectivity index (χ3v) is 3.20. The van der Waals surface area contributed by atoms with Crippen molar-refractivity contribution in [2.24, 2.45) is 5.73 Å². The molecule has 0 aliphatic carbocycles. The highest BCUT2D eigenvalue weighted by Gasteiger charge is 2.10. The molecular formula is C13H22N2O. The predicted molar refractivity (Wildman–Crippen MR) is 65.2 cm³/mol. The van der Waals surface area contributed by atoms with Crippen LogP contribution in [0.4, 0.5) is 0 Å². The second-order valence-electron chi connectivity index (χ2n) is 4.65. The van der Waals surface area contributed by atoms with Gasteiger partial charge in [0.1, 0.15) is 5.76 Å². The van der Waals surface area contributed by atoms with Gasteiger partial charge in [-0.25, -0.2) is 0 Å². The van der Waals surface area contributed by atoms with Crippen molar-refractivity contribution in [3.63, 3.8) is 0 Å². The van der Waals surface area contributed by atoms with Crippen molar-refractivity contribution >= 4 is 0 Å². The van der Waals surface area contributed by atoms with Crippen LogP contribution in [-0.2, 0) is 13.0 Å². The highest BCUT2D eigenvalue weighted by atomic mass is 16.3. The number of hydrogen-bond acceptors (Lipinski definition) is 3. The molecule has 0 atom stereocenters. The van der Waals surface area contributed by atoms with E-state index in [0.717, 1.165) is 18.7 Å². The zero-order valence-electron chi connectivity index (χ0n) is 9.95. The molecule has 1 aliphatic rings. The predicted octanol–water partition coefficient (Wildman–Crippen LogP) is 2.16. The van der Waals surface area contributed by atoms with Gasteiger partial charge in [-0.1, -0.05) is 12.8 Å². The smallest absolute Gasteiger partial charge is 0.105 e. The fourth-order valence-electron chi connectivity index (χ4n) is 2.33. The molecule has 3 nitrogen and oxygen atoms in total. The van der Waals surface area contributed by atoms with Crippen molar-refractivity contribution in [1.29, 1.82) is 0 Å². The van der Waals surface area contributed by atoms with Crippen LogP contribution in [-0.4, -0.2) is 24.5 Å². The fourth-order valence-corrected chi connectivity index (χ4v) is 2.33. The van der Waals surface area contributed by atoms with Crippen LogP contribution in [0.25, 0.3) is 0 Å². The Morgan fingerprint density at radius 1 is 1.19 bits per heavy atom. The number of furan rings is 1. The summed E-state index contributed by atoms with van der Waals surface area (Å²) in [5.74, 6) is 1.02. The van der Waals surface area contributed by atoms with Crippen LogP contribution < -0.4 is 5.73 Å². The average Bonchev–Trinajstić information content (AvgIpc) is 2.56. The third-order valence-electron chi connectivity index (χ3n) is 3.20. The summed E-state index contributed by atoms with van der Waals surface area (Å²) >= 11 is 0. The van der Waals surface area contributed by atoms with Gasteiger partial charge in [0.15, 0.2) is 0 Å². The van der Waals surface area contributed by atoms with Crippen LogP contribution in [0.1, 0.15) is 37.0 Å². The molecule has 2 rings (SSSR count). The van der Waals surface area contributed by atoms with Crippen LogP contribution in [0, 0.1) is 0 Å². The Hall–Kier alpha value is -0.800. The summed E-state index contributed by atoms with van der Waals surface area (Å²) in [7, 11) is 0. The molecule has 90 valence electrons. The standard InChI is InChI=1S/C13H22N2O/c14-6-5-13-9-12(11-16-13)10-15-7-3-1-2-4-8-15/h9,11H,1-8,10,14H2. The van der Waals surface area contributed by atoms with Crippen molar-refractivity contribution in [2.45, 2.75) is 38.6 Å². The van der Waals surface area contributed by atoms with Crippen LogP contribution in [0.2, 0.25) is 0 Å². The highest BCUT2D eigenvalue weighted by Crippen LogP contribution is 2.15. The van der Waals surface area contributed by atoms with E-state index in [0.29, 0.717) is 6.54 Å². The van der Waals surface area contributed by atoms with Gasteiger partial charge >= 0.3 is 0 Å². The molecule has 0 aromatic carbocycles. The van der Waals surface area contributed by atoms with Gasteiger partial charge in [0.05, 0.1) is 6.26 Å². The molecule has 0 bridgehead atoms. The van der Waals surface area contributed by atoms with E-state index in [2.05, 4.69) is 11.0 Å². The van der Waals surface area contributed by atoms with Crippen molar-refractivity contribution in [2.75, 3.05) is 19.6 Å². The normalized spacial score (nSPS) is 18.6. The number of hydrogen-bond donors (Lipinski definition) is 1. The quantitative estimate of drug-likeness (QED) is 0.849. The molecule has 2 N–H and O–H groups in total. The van der Waals surface area contributed by atoms with Crippen molar-refractivity contribution in [3.8, 4) is 0 Å². The molecule has 1 saturated heterocycles. The van der Waals surface area contributed by atoms with Crippen molar-refractivity contribution in [3.05, 3.63) is 23.7 Å². The molecule has 0 spiro atoms. The Kier molecular flexibility index (Phi) is 4.43. The van der Waals surface area contributed by atoms with Gasteiger partial charge < -0.3 is 10.2 Å². The van der Waals surface area contributed by atoms with Gasteiger partial charge in [0.25, 0.3) is 0 Å². The lowest BCUT2D eigenvalue weighted by atomic mass is 10.2. The number of nitrogens with two attached hydrogens (primary N) is 1. The maximum Gasteiger partial charge on any atom is 0.105 e. The van der Waals surface area contributed by atoms with E-state index in [1.165, 1.54) is 44.3 Å². The maximum atomic E-state index is 5.50. The SMILES string of the molecule is NCCc1cc(CN2CCCCCC2)co1. The van der Waals surface area contributed by atoms with Gasteiger partial charge in [-0.3, -0.25) is 4.90 Å². The first-order valence-electron chi connectivity index (χ1n) is 6.37.